The van der Waals surface area contributed by atoms with Crippen LogP contribution in [-0.2, 0) is 25.4 Å². The van der Waals surface area contributed by atoms with E-state index in [2.05, 4.69) is 20.4 Å². The standard InChI is InChI=1S/C19H17F3N4O3/c20-19(21,22)17-11-4-1-2-5-12(11)24-16(25-17)7-8-23-18(27)13-10-15(29-26-13)14-6-3-9-28-14/h3,6,9-10H,1-2,4-5,7-8H2,(H,23,27). The van der Waals surface area contributed by atoms with Crippen LogP contribution in [0.1, 0.15) is 46.1 Å². The number of alkyl halides is 3. The lowest BCUT2D eigenvalue weighted by atomic mass is 9.94. The number of aryl methyl sites for hydroxylation is 1. The molecule has 7 nitrogen and oxygen atoms in total. The molecule has 1 N–H and O–H groups in total. The number of halogens is 3. The summed E-state index contributed by atoms with van der Waals surface area (Å²) < 4.78 is 50.3. The van der Waals surface area contributed by atoms with Crippen LogP contribution >= 0.6 is 0 Å². The van der Waals surface area contributed by atoms with E-state index in [0.29, 0.717) is 36.5 Å². The molecule has 0 bridgehead atoms. The minimum absolute atomic E-state index is 0.0405. The van der Waals surface area contributed by atoms with Gasteiger partial charge in [-0.1, -0.05) is 5.16 Å². The number of furan rings is 1. The molecule has 4 rings (SSSR count). The van der Waals surface area contributed by atoms with Crippen molar-refractivity contribution >= 4 is 5.91 Å². The monoisotopic (exact) mass is 406 g/mol. The molecule has 3 aromatic rings. The van der Waals surface area contributed by atoms with E-state index >= 15 is 0 Å². The summed E-state index contributed by atoms with van der Waals surface area (Å²) in [6, 6.07) is 4.75. The molecular formula is C19H17F3N4O3. The van der Waals surface area contributed by atoms with Crippen LogP contribution in [0.3, 0.4) is 0 Å². The van der Waals surface area contributed by atoms with E-state index in [1.54, 1.807) is 12.1 Å². The van der Waals surface area contributed by atoms with Crippen molar-refractivity contribution in [1.29, 1.82) is 0 Å². The molecule has 1 aliphatic rings. The highest BCUT2D eigenvalue weighted by molar-refractivity contribution is 5.92. The average molecular weight is 406 g/mol. The predicted octanol–water partition coefficient (Wildman–Crippen LogP) is 3.59. The third-order valence-electron chi connectivity index (χ3n) is 4.64. The molecule has 0 saturated carbocycles. The molecule has 0 fully saturated rings. The SMILES string of the molecule is O=C(NCCc1nc2c(c(C(F)(F)F)n1)CCCC2)c1cc(-c2ccco2)on1. The summed E-state index contributed by atoms with van der Waals surface area (Å²) in [6.45, 7) is 0.0673. The molecule has 0 radical (unpaired) electrons. The van der Waals surface area contributed by atoms with Gasteiger partial charge in [0.2, 0.25) is 5.76 Å². The minimum atomic E-state index is -4.52. The first-order chi connectivity index (χ1) is 13.9. The molecular weight excluding hydrogens is 389 g/mol. The Bertz CT molecular complexity index is 1010. The van der Waals surface area contributed by atoms with Gasteiger partial charge in [-0.15, -0.1) is 0 Å². The highest BCUT2D eigenvalue weighted by Crippen LogP contribution is 2.34. The first-order valence-corrected chi connectivity index (χ1v) is 9.16. The third-order valence-corrected chi connectivity index (χ3v) is 4.64. The Hall–Kier alpha value is -3.17. The molecule has 0 aromatic carbocycles. The second-order valence-corrected chi connectivity index (χ2v) is 6.68. The molecule has 1 aliphatic carbocycles. The normalized spacial score (nSPS) is 13.9. The van der Waals surface area contributed by atoms with Crippen molar-refractivity contribution in [3.63, 3.8) is 0 Å². The van der Waals surface area contributed by atoms with E-state index in [0.717, 1.165) is 6.42 Å². The van der Waals surface area contributed by atoms with Crippen LogP contribution in [0.2, 0.25) is 0 Å². The number of aromatic nitrogens is 3. The molecule has 0 unspecified atom stereocenters. The summed E-state index contributed by atoms with van der Waals surface area (Å²) in [7, 11) is 0. The lowest BCUT2D eigenvalue weighted by molar-refractivity contribution is -0.142. The van der Waals surface area contributed by atoms with Crippen molar-refractivity contribution < 1.29 is 26.9 Å². The smallest absolute Gasteiger partial charge is 0.433 e. The van der Waals surface area contributed by atoms with E-state index in [-0.39, 0.29) is 30.0 Å². The molecule has 1 amide bonds. The summed E-state index contributed by atoms with van der Waals surface area (Å²) >= 11 is 0. The van der Waals surface area contributed by atoms with Gasteiger partial charge in [0.1, 0.15) is 5.82 Å². The number of hydrogen-bond donors (Lipinski definition) is 1. The summed E-state index contributed by atoms with van der Waals surface area (Å²) in [6.07, 6.45) is -0.629. The zero-order chi connectivity index (χ0) is 20.4. The Morgan fingerprint density at radius 3 is 2.76 bits per heavy atom. The lowest BCUT2D eigenvalue weighted by Gasteiger charge is -2.20. The first-order valence-electron chi connectivity index (χ1n) is 9.16. The Labute approximate surface area is 163 Å². The van der Waals surface area contributed by atoms with Crippen molar-refractivity contribution in [2.75, 3.05) is 6.54 Å². The second kappa shape index (κ2) is 7.69. The quantitative estimate of drug-likeness (QED) is 0.696. The zero-order valence-corrected chi connectivity index (χ0v) is 15.3. The Morgan fingerprint density at radius 1 is 1.17 bits per heavy atom. The molecule has 10 heteroatoms. The fourth-order valence-corrected chi connectivity index (χ4v) is 3.29. The molecule has 3 aromatic heterocycles. The maximum atomic E-state index is 13.4. The van der Waals surface area contributed by atoms with Gasteiger partial charge in [-0.3, -0.25) is 4.79 Å². The van der Waals surface area contributed by atoms with Gasteiger partial charge in [-0.25, -0.2) is 9.97 Å². The van der Waals surface area contributed by atoms with Gasteiger partial charge in [0.15, 0.2) is 17.1 Å². The Morgan fingerprint density at radius 2 is 2.00 bits per heavy atom. The third kappa shape index (κ3) is 4.15. The van der Waals surface area contributed by atoms with Gasteiger partial charge in [0.05, 0.1) is 6.26 Å². The van der Waals surface area contributed by atoms with E-state index < -0.39 is 17.8 Å². The number of rotatable bonds is 5. The van der Waals surface area contributed by atoms with Crippen LogP contribution in [0.15, 0.2) is 33.4 Å². The van der Waals surface area contributed by atoms with Crippen molar-refractivity contribution in [3.05, 3.63) is 52.9 Å². The molecule has 3 heterocycles. The number of fused-ring (bicyclic) bond motifs is 1. The van der Waals surface area contributed by atoms with Crippen LogP contribution < -0.4 is 5.32 Å². The number of carbonyl (C=O) groups is 1. The van der Waals surface area contributed by atoms with Crippen molar-refractivity contribution in [3.8, 4) is 11.5 Å². The van der Waals surface area contributed by atoms with Gasteiger partial charge >= 0.3 is 6.18 Å². The fourth-order valence-electron chi connectivity index (χ4n) is 3.29. The van der Waals surface area contributed by atoms with Crippen molar-refractivity contribution in [2.24, 2.45) is 0 Å². The highest BCUT2D eigenvalue weighted by atomic mass is 19.4. The van der Waals surface area contributed by atoms with Crippen LogP contribution in [0.4, 0.5) is 13.2 Å². The number of nitrogens with one attached hydrogen (secondary N) is 1. The number of carbonyl (C=O) groups excluding carboxylic acids is 1. The van der Waals surface area contributed by atoms with Gasteiger partial charge in [-0.05, 0) is 37.8 Å². The number of nitrogens with zero attached hydrogens (tertiary/aromatic N) is 3. The van der Waals surface area contributed by atoms with Gasteiger partial charge in [0.25, 0.3) is 5.91 Å². The van der Waals surface area contributed by atoms with E-state index in [1.165, 1.54) is 12.3 Å². The molecule has 0 spiro atoms. The highest BCUT2D eigenvalue weighted by Gasteiger charge is 2.37. The van der Waals surface area contributed by atoms with Gasteiger partial charge in [-0.2, -0.15) is 13.2 Å². The van der Waals surface area contributed by atoms with Crippen LogP contribution in [0.25, 0.3) is 11.5 Å². The summed E-state index contributed by atoms with van der Waals surface area (Å²) in [5.41, 5.74) is -0.161. The first kappa shape index (κ1) is 19.2. The average Bonchev–Trinajstić information content (AvgIpc) is 3.38. The van der Waals surface area contributed by atoms with Gasteiger partial charge < -0.3 is 14.3 Å². The molecule has 29 heavy (non-hydrogen) atoms. The van der Waals surface area contributed by atoms with Crippen LogP contribution in [-0.4, -0.2) is 27.6 Å². The van der Waals surface area contributed by atoms with E-state index in [9.17, 15) is 18.0 Å². The van der Waals surface area contributed by atoms with Crippen molar-refractivity contribution in [1.82, 2.24) is 20.4 Å². The van der Waals surface area contributed by atoms with E-state index in [4.69, 9.17) is 8.94 Å². The molecule has 0 saturated heterocycles. The predicted molar refractivity (Wildman–Crippen MR) is 93.9 cm³/mol. The topological polar surface area (TPSA) is 94.1 Å². The molecule has 0 aliphatic heterocycles. The fraction of sp³-hybridized carbons (Fsp3) is 0.368. The zero-order valence-electron chi connectivity index (χ0n) is 15.3. The van der Waals surface area contributed by atoms with Crippen LogP contribution in [0, 0.1) is 0 Å². The lowest BCUT2D eigenvalue weighted by Crippen LogP contribution is -2.27. The number of hydrogen-bond acceptors (Lipinski definition) is 6. The molecule has 152 valence electrons. The summed E-state index contributed by atoms with van der Waals surface area (Å²) in [4.78, 5) is 20.2. The second-order valence-electron chi connectivity index (χ2n) is 6.68. The van der Waals surface area contributed by atoms with Crippen molar-refractivity contribution in [2.45, 2.75) is 38.3 Å². The van der Waals surface area contributed by atoms with E-state index in [1.807, 2.05) is 0 Å². The minimum Gasteiger partial charge on any atom is -0.461 e. The largest absolute Gasteiger partial charge is 0.461 e. The number of amides is 1. The maximum absolute atomic E-state index is 13.4. The Balaban J connectivity index is 1.42. The summed E-state index contributed by atoms with van der Waals surface area (Å²) in [5, 5.41) is 6.27. The molecule has 0 atom stereocenters. The van der Waals surface area contributed by atoms with Crippen LogP contribution in [0.5, 0.6) is 0 Å². The maximum Gasteiger partial charge on any atom is 0.433 e. The summed E-state index contributed by atoms with van der Waals surface area (Å²) in [5.74, 6) is 0.280. The Kier molecular flexibility index (Phi) is 5.08. The van der Waals surface area contributed by atoms with Gasteiger partial charge in [0, 0.05) is 30.3 Å².